The van der Waals surface area contributed by atoms with E-state index in [2.05, 4.69) is 32.9 Å². The SMILES string of the molecule is COC(=O)[C@@]1(CC=C(C)C)C[C@@H](C/C=C(\C)CCC=C(C)C)C(C)(C)C(C(C)=O)C1=O. The highest BCUT2D eigenvalue weighted by molar-refractivity contribution is 6.14. The minimum absolute atomic E-state index is 0.0159. The minimum Gasteiger partial charge on any atom is -0.468 e. The van der Waals surface area contributed by atoms with Crippen molar-refractivity contribution in [2.45, 2.75) is 87.5 Å². The first-order chi connectivity index (χ1) is 14.3. The van der Waals surface area contributed by atoms with Gasteiger partial charge in [0.15, 0.2) is 5.78 Å². The van der Waals surface area contributed by atoms with E-state index < -0.39 is 22.7 Å². The number of methoxy groups -OCH3 is 1. The van der Waals surface area contributed by atoms with E-state index in [0.29, 0.717) is 6.42 Å². The molecule has 0 aromatic carbocycles. The predicted octanol–water partition coefficient (Wildman–Crippen LogP) is 6.41. The van der Waals surface area contributed by atoms with Gasteiger partial charge in [0, 0.05) is 0 Å². The lowest BCUT2D eigenvalue weighted by Crippen LogP contribution is -2.57. The van der Waals surface area contributed by atoms with Crippen molar-refractivity contribution < 1.29 is 19.1 Å². The van der Waals surface area contributed by atoms with Crippen LogP contribution in [0.2, 0.25) is 0 Å². The molecular formula is C27H42O4. The fourth-order valence-corrected chi connectivity index (χ4v) is 4.79. The molecule has 1 rings (SSSR count). The number of carbonyl (C=O) groups is 3. The highest BCUT2D eigenvalue weighted by Crippen LogP contribution is 2.54. The zero-order valence-corrected chi connectivity index (χ0v) is 21.1. The largest absolute Gasteiger partial charge is 0.468 e. The highest BCUT2D eigenvalue weighted by Gasteiger charge is 2.60. The summed E-state index contributed by atoms with van der Waals surface area (Å²) in [4.78, 5) is 39.2. The van der Waals surface area contributed by atoms with Gasteiger partial charge < -0.3 is 4.74 Å². The quantitative estimate of drug-likeness (QED) is 0.241. The van der Waals surface area contributed by atoms with Gasteiger partial charge in [0.2, 0.25) is 0 Å². The van der Waals surface area contributed by atoms with Crippen molar-refractivity contribution in [3.63, 3.8) is 0 Å². The molecule has 3 atom stereocenters. The van der Waals surface area contributed by atoms with Crippen molar-refractivity contribution in [1.29, 1.82) is 0 Å². The van der Waals surface area contributed by atoms with E-state index in [1.54, 1.807) is 0 Å². The Balaban J connectivity index is 3.37. The lowest BCUT2D eigenvalue weighted by Gasteiger charge is -2.50. The van der Waals surface area contributed by atoms with Crippen LogP contribution in [-0.2, 0) is 19.1 Å². The Kier molecular flexibility index (Phi) is 9.66. The molecule has 31 heavy (non-hydrogen) atoms. The van der Waals surface area contributed by atoms with E-state index in [1.807, 2.05) is 33.8 Å². The van der Waals surface area contributed by atoms with Crippen molar-refractivity contribution in [1.82, 2.24) is 0 Å². The van der Waals surface area contributed by atoms with Crippen LogP contribution in [0.1, 0.15) is 87.5 Å². The number of Topliss-reactive ketones (excluding diaryl/α,β-unsaturated/α-hetero) is 2. The first kappa shape index (κ1) is 27.1. The van der Waals surface area contributed by atoms with E-state index in [4.69, 9.17) is 4.74 Å². The molecule has 0 bridgehead atoms. The van der Waals surface area contributed by atoms with Crippen molar-refractivity contribution in [2.75, 3.05) is 7.11 Å². The average molecular weight is 431 g/mol. The standard InChI is InChI=1S/C27H42O4/c1-18(2)11-10-12-20(5)13-14-22-17-27(25(30)31-9,16-15-19(3)4)24(29)23(21(6)28)26(22,7)8/h11,13,15,22-23H,10,12,14,16-17H2,1-9H3/b20-13+/t22-,23?,27+/m1/s1. The van der Waals surface area contributed by atoms with Gasteiger partial charge in [-0.05, 0) is 85.0 Å². The summed E-state index contributed by atoms with van der Waals surface area (Å²) in [5.41, 5.74) is 1.81. The molecule has 1 fully saturated rings. The lowest BCUT2D eigenvalue weighted by molar-refractivity contribution is -0.170. The predicted molar refractivity (Wildman–Crippen MR) is 127 cm³/mol. The second-order valence-electron chi connectivity index (χ2n) is 10.3. The molecule has 1 unspecified atom stereocenters. The van der Waals surface area contributed by atoms with E-state index in [0.717, 1.165) is 24.8 Å². The number of rotatable bonds is 9. The van der Waals surface area contributed by atoms with E-state index in [-0.39, 0.29) is 23.9 Å². The van der Waals surface area contributed by atoms with Crippen LogP contribution < -0.4 is 0 Å². The molecule has 4 nitrogen and oxygen atoms in total. The van der Waals surface area contributed by atoms with Crippen LogP contribution in [0.3, 0.4) is 0 Å². The van der Waals surface area contributed by atoms with E-state index >= 15 is 0 Å². The fourth-order valence-electron chi connectivity index (χ4n) is 4.79. The molecule has 0 heterocycles. The minimum atomic E-state index is -1.30. The Morgan fingerprint density at radius 1 is 1.00 bits per heavy atom. The first-order valence-electron chi connectivity index (χ1n) is 11.3. The number of carbonyl (C=O) groups excluding carboxylic acids is 3. The Hall–Kier alpha value is -1.97. The maximum atomic E-state index is 13.6. The van der Waals surface area contributed by atoms with Crippen LogP contribution in [0.5, 0.6) is 0 Å². The smallest absolute Gasteiger partial charge is 0.319 e. The lowest BCUT2D eigenvalue weighted by atomic mass is 9.51. The van der Waals surface area contributed by atoms with Crippen LogP contribution in [0.15, 0.2) is 34.9 Å². The van der Waals surface area contributed by atoms with Crippen LogP contribution in [-0.4, -0.2) is 24.6 Å². The van der Waals surface area contributed by atoms with Gasteiger partial charge in [0.25, 0.3) is 0 Å². The van der Waals surface area contributed by atoms with E-state index in [9.17, 15) is 14.4 Å². The molecule has 0 amide bonds. The molecule has 0 aromatic heterocycles. The zero-order chi connectivity index (χ0) is 24.0. The maximum absolute atomic E-state index is 13.6. The van der Waals surface area contributed by atoms with Gasteiger partial charge >= 0.3 is 5.97 Å². The number of allylic oxidation sites excluding steroid dienone is 6. The molecule has 0 aromatic rings. The van der Waals surface area contributed by atoms with Crippen molar-refractivity contribution >= 4 is 17.5 Å². The first-order valence-corrected chi connectivity index (χ1v) is 11.3. The summed E-state index contributed by atoms with van der Waals surface area (Å²) in [6.45, 7) is 15.7. The van der Waals surface area contributed by atoms with Crippen LogP contribution in [0.4, 0.5) is 0 Å². The molecular weight excluding hydrogens is 388 g/mol. The number of hydrogen-bond acceptors (Lipinski definition) is 4. The fraction of sp³-hybridized carbons (Fsp3) is 0.667. The van der Waals surface area contributed by atoms with Gasteiger partial charge in [0.05, 0.1) is 13.0 Å². The van der Waals surface area contributed by atoms with Crippen molar-refractivity contribution in [3.8, 4) is 0 Å². The normalized spacial score (nSPS) is 25.6. The third-order valence-corrected chi connectivity index (χ3v) is 6.81. The van der Waals surface area contributed by atoms with Gasteiger partial charge in [-0.2, -0.15) is 0 Å². The monoisotopic (exact) mass is 430 g/mol. The number of ketones is 2. The van der Waals surface area contributed by atoms with Gasteiger partial charge in [-0.3, -0.25) is 14.4 Å². The van der Waals surface area contributed by atoms with E-state index in [1.165, 1.54) is 25.2 Å². The summed E-state index contributed by atoms with van der Waals surface area (Å²) >= 11 is 0. The summed E-state index contributed by atoms with van der Waals surface area (Å²) in [6, 6.07) is 0. The summed E-state index contributed by atoms with van der Waals surface area (Å²) in [5.74, 6) is -1.77. The van der Waals surface area contributed by atoms with Crippen LogP contribution in [0, 0.1) is 22.7 Å². The maximum Gasteiger partial charge on any atom is 0.319 e. The van der Waals surface area contributed by atoms with Gasteiger partial charge in [0.1, 0.15) is 11.2 Å². The molecule has 4 heteroatoms. The van der Waals surface area contributed by atoms with Gasteiger partial charge in [-0.1, -0.05) is 48.8 Å². The molecule has 0 radical (unpaired) electrons. The molecule has 0 N–H and O–H groups in total. The zero-order valence-electron chi connectivity index (χ0n) is 21.1. The summed E-state index contributed by atoms with van der Waals surface area (Å²) < 4.78 is 5.12. The van der Waals surface area contributed by atoms with Crippen molar-refractivity contribution in [2.24, 2.45) is 22.7 Å². The number of hydrogen-bond donors (Lipinski definition) is 0. The summed E-state index contributed by atoms with van der Waals surface area (Å²) in [5, 5.41) is 0. The third kappa shape index (κ3) is 6.51. The van der Waals surface area contributed by atoms with Gasteiger partial charge in [-0.25, -0.2) is 0 Å². The molecule has 174 valence electrons. The molecule has 0 spiro atoms. The summed E-state index contributed by atoms with van der Waals surface area (Å²) in [6.07, 6.45) is 9.76. The third-order valence-electron chi connectivity index (χ3n) is 6.81. The Morgan fingerprint density at radius 2 is 1.58 bits per heavy atom. The number of esters is 1. The Bertz CT molecular complexity index is 773. The highest BCUT2D eigenvalue weighted by atomic mass is 16.5. The number of ether oxygens (including phenoxy) is 1. The Morgan fingerprint density at radius 3 is 2.06 bits per heavy atom. The molecule has 1 aliphatic carbocycles. The van der Waals surface area contributed by atoms with Crippen molar-refractivity contribution in [3.05, 3.63) is 34.9 Å². The van der Waals surface area contributed by atoms with Crippen LogP contribution in [0.25, 0.3) is 0 Å². The topological polar surface area (TPSA) is 60.4 Å². The second-order valence-corrected chi connectivity index (χ2v) is 10.3. The van der Waals surface area contributed by atoms with Crippen LogP contribution >= 0.6 is 0 Å². The molecule has 1 saturated carbocycles. The average Bonchev–Trinajstić information content (AvgIpc) is 2.65. The molecule has 1 aliphatic rings. The second kappa shape index (κ2) is 11.1. The van der Waals surface area contributed by atoms with Gasteiger partial charge in [-0.15, -0.1) is 0 Å². The molecule has 0 saturated heterocycles. The molecule has 0 aliphatic heterocycles. The Labute approximate surface area is 189 Å². The summed E-state index contributed by atoms with van der Waals surface area (Å²) in [7, 11) is 1.32.